The molecule has 8 nitrogen and oxygen atoms in total. The van der Waals surface area contributed by atoms with E-state index in [0.29, 0.717) is 11.1 Å². The van der Waals surface area contributed by atoms with Crippen molar-refractivity contribution in [2.75, 3.05) is 16.7 Å². The van der Waals surface area contributed by atoms with Gasteiger partial charge in [-0.15, -0.1) is 0 Å². The third-order valence-corrected chi connectivity index (χ3v) is 8.05. The summed E-state index contributed by atoms with van der Waals surface area (Å²) in [6.45, 7) is 1.63. The molecule has 4 rings (SSSR count). The maximum Gasteiger partial charge on any atom is 0.232 e. The molecule has 2 aromatic carbocycles. The molecule has 2 heterocycles. The number of anilines is 1. The van der Waals surface area contributed by atoms with E-state index in [9.17, 15) is 26.0 Å². The molecule has 4 aromatic rings. The molecule has 0 fully saturated rings. The molecule has 188 valence electrons. The highest BCUT2D eigenvalue weighted by molar-refractivity contribution is 7.92. The topological polar surface area (TPSA) is 126 Å². The van der Waals surface area contributed by atoms with E-state index in [4.69, 9.17) is 0 Å². The number of carbonyl (C=O) groups is 1. The van der Waals surface area contributed by atoms with Crippen LogP contribution in [0.3, 0.4) is 0 Å². The first-order chi connectivity index (χ1) is 16.9. The molecule has 0 atom stereocenters. The number of benzene rings is 2. The predicted molar refractivity (Wildman–Crippen MR) is 132 cm³/mol. The number of fused-ring (bicyclic) bond motifs is 1. The van der Waals surface area contributed by atoms with Crippen LogP contribution in [0, 0.1) is 11.6 Å². The number of sulfone groups is 1. The van der Waals surface area contributed by atoms with Crippen molar-refractivity contribution in [1.82, 2.24) is 9.97 Å². The average molecular weight is 534 g/mol. The fourth-order valence-corrected chi connectivity index (χ4v) is 5.47. The smallest absolute Gasteiger partial charge is 0.232 e. The minimum Gasteiger partial charge on any atom is -0.345 e. The van der Waals surface area contributed by atoms with E-state index >= 15 is 4.39 Å². The normalized spacial score (nSPS) is 12.1. The minimum absolute atomic E-state index is 0.0709. The van der Waals surface area contributed by atoms with Crippen LogP contribution in [0.5, 0.6) is 0 Å². The van der Waals surface area contributed by atoms with Crippen molar-refractivity contribution in [1.29, 1.82) is 0 Å². The first kappa shape index (κ1) is 25.5. The number of halogens is 2. The summed E-state index contributed by atoms with van der Waals surface area (Å²) in [4.78, 5) is 20.4. The van der Waals surface area contributed by atoms with Gasteiger partial charge in [0.25, 0.3) is 0 Å². The Labute approximate surface area is 206 Å². The van der Waals surface area contributed by atoms with Crippen LogP contribution in [-0.2, 0) is 19.9 Å². The number of H-pyrrole nitrogens is 1. The maximum absolute atomic E-state index is 15.2. The highest BCUT2D eigenvalue weighted by Crippen LogP contribution is 2.30. The summed E-state index contributed by atoms with van der Waals surface area (Å²) in [5.74, 6) is -3.74. The van der Waals surface area contributed by atoms with Gasteiger partial charge >= 0.3 is 0 Å². The van der Waals surface area contributed by atoms with Gasteiger partial charge in [-0.3, -0.25) is 9.52 Å². The first-order valence-corrected chi connectivity index (χ1v) is 14.3. The van der Waals surface area contributed by atoms with Crippen molar-refractivity contribution in [3.05, 3.63) is 77.6 Å². The SMILES string of the molecule is CCCS(=O)(=O)Nc1ccc(F)c(C(=O)c2c[nH]c3ncc(-c4ccc(S(C)(=O)=O)cc4)cc23)c1F. The Hall–Kier alpha value is -3.64. The average Bonchev–Trinajstić information content (AvgIpc) is 3.24. The lowest BCUT2D eigenvalue weighted by Gasteiger charge is -2.11. The van der Waals surface area contributed by atoms with Gasteiger partial charge in [0.1, 0.15) is 11.5 Å². The second-order valence-electron chi connectivity index (χ2n) is 8.15. The zero-order valence-corrected chi connectivity index (χ0v) is 20.8. The molecule has 0 bridgehead atoms. The maximum atomic E-state index is 15.2. The molecule has 12 heteroatoms. The summed E-state index contributed by atoms with van der Waals surface area (Å²) in [6.07, 6.45) is 4.15. The van der Waals surface area contributed by atoms with Gasteiger partial charge in [-0.25, -0.2) is 30.6 Å². The van der Waals surface area contributed by atoms with Gasteiger partial charge in [0.05, 0.1) is 21.9 Å². The molecule has 0 spiro atoms. The molecular formula is C24H21F2N3O5S2. The zero-order chi connectivity index (χ0) is 26.3. The third kappa shape index (κ3) is 5.00. The van der Waals surface area contributed by atoms with E-state index in [2.05, 4.69) is 14.7 Å². The summed E-state index contributed by atoms with van der Waals surface area (Å²) < 4.78 is 79.4. The Morgan fingerprint density at radius 1 is 1.03 bits per heavy atom. The van der Waals surface area contributed by atoms with Crippen LogP contribution in [0.15, 0.2) is 59.8 Å². The number of aromatic amines is 1. The van der Waals surface area contributed by atoms with Crippen molar-refractivity contribution in [2.24, 2.45) is 0 Å². The second-order valence-corrected chi connectivity index (χ2v) is 12.0. The number of ketones is 1. The number of carbonyl (C=O) groups excluding carboxylic acids is 1. The Kier molecular flexibility index (Phi) is 6.67. The van der Waals surface area contributed by atoms with Crippen molar-refractivity contribution >= 4 is 42.4 Å². The van der Waals surface area contributed by atoms with E-state index in [1.54, 1.807) is 25.1 Å². The summed E-state index contributed by atoms with van der Waals surface area (Å²) >= 11 is 0. The van der Waals surface area contributed by atoms with Gasteiger partial charge in [-0.2, -0.15) is 0 Å². The van der Waals surface area contributed by atoms with Crippen molar-refractivity contribution in [2.45, 2.75) is 18.2 Å². The van der Waals surface area contributed by atoms with Gasteiger partial charge in [-0.1, -0.05) is 19.1 Å². The number of pyridine rings is 1. The van der Waals surface area contributed by atoms with E-state index in [1.165, 1.54) is 24.5 Å². The molecule has 2 aromatic heterocycles. The summed E-state index contributed by atoms with van der Waals surface area (Å²) in [7, 11) is -7.26. The molecule has 0 saturated heterocycles. The molecule has 36 heavy (non-hydrogen) atoms. The van der Waals surface area contributed by atoms with Gasteiger partial charge in [0.2, 0.25) is 15.8 Å². The minimum atomic E-state index is -3.88. The number of aromatic nitrogens is 2. The van der Waals surface area contributed by atoms with Gasteiger partial charge in [0, 0.05) is 35.2 Å². The Balaban J connectivity index is 1.76. The van der Waals surface area contributed by atoms with Crippen LogP contribution < -0.4 is 4.72 Å². The summed E-state index contributed by atoms with van der Waals surface area (Å²) in [5, 5.41) is 0.278. The molecule has 0 radical (unpaired) electrons. The molecule has 0 aliphatic rings. The van der Waals surface area contributed by atoms with E-state index < -0.39 is 48.5 Å². The molecule has 0 amide bonds. The van der Waals surface area contributed by atoms with Crippen LogP contribution >= 0.6 is 0 Å². The van der Waals surface area contributed by atoms with Gasteiger partial charge < -0.3 is 4.98 Å². The van der Waals surface area contributed by atoms with Gasteiger partial charge in [0.15, 0.2) is 15.7 Å². The number of nitrogens with zero attached hydrogens (tertiary/aromatic N) is 1. The Morgan fingerprint density at radius 3 is 2.36 bits per heavy atom. The molecule has 0 saturated carbocycles. The molecule has 2 N–H and O–H groups in total. The lowest BCUT2D eigenvalue weighted by atomic mass is 10.00. The lowest BCUT2D eigenvalue weighted by Crippen LogP contribution is -2.18. The molecule has 0 aliphatic heterocycles. The second kappa shape index (κ2) is 9.43. The summed E-state index contributed by atoms with van der Waals surface area (Å²) in [5.41, 5.74) is -0.0680. The number of sulfonamides is 1. The van der Waals surface area contributed by atoms with Crippen LogP contribution in [0.1, 0.15) is 29.3 Å². The predicted octanol–water partition coefficient (Wildman–Crippen LogP) is 4.29. The standard InChI is InChI=1S/C24H21F2N3O5S2/c1-3-10-36(33,34)29-20-9-8-19(25)21(22(20)26)23(30)18-13-28-24-17(18)11-15(12-27-24)14-4-6-16(7-5-14)35(2,31)32/h4-9,11-13,29H,3,10H2,1-2H3,(H,27,28). The molecular weight excluding hydrogens is 512 g/mol. The number of hydrogen-bond acceptors (Lipinski definition) is 6. The first-order valence-electron chi connectivity index (χ1n) is 10.7. The Bertz CT molecular complexity index is 1700. The molecule has 0 unspecified atom stereocenters. The quantitative estimate of drug-likeness (QED) is 0.326. The highest BCUT2D eigenvalue weighted by atomic mass is 32.2. The molecule has 0 aliphatic carbocycles. The zero-order valence-electron chi connectivity index (χ0n) is 19.2. The van der Waals surface area contributed by atoms with E-state index in [0.717, 1.165) is 18.4 Å². The van der Waals surface area contributed by atoms with Gasteiger partial charge in [-0.05, 0) is 42.3 Å². The number of hydrogen-bond donors (Lipinski definition) is 2. The van der Waals surface area contributed by atoms with Crippen LogP contribution in [-0.4, -0.2) is 44.6 Å². The van der Waals surface area contributed by atoms with Crippen LogP contribution in [0.25, 0.3) is 22.2 Å². The Morgan fingerprint density at radius 2 is 1.72 bits per heavy atom. The van der Waals surface area contributed by atoms with Crippen LogP contribution in [0.2, 0.25) is 0 Å². The number of nitrogens with one attached hydrogen (secondary N) is 2. The third-order valence-electron chi connectivity index (χ3n) is 5.45. The summed E-state index contributed by atoms with van der Waals surface area (Å²) in [6, 6.07) is 9.37. The highest BCUT2D eigenvalue weighted by Gasteiger charge is 2.26. The van der Waals surface area contributed by atoms with Crippen LogP contribution in [0.4, 0.5) is 14.5 Å². The fraction of sp³-hybridized carbons (Fsp3) is 0.167. The number of rotatable bonds is 8. The monoisotopic (exact) mass is 533 g/mol. The largest absolute Gasteiger partial charge is 0.345 e. The van der Waals surface area contributed by atoms with Crippen molar-refractivity contribution < 1.29 is 30.4 Å². The van der Waals surface area contributed by atoms with E-state index in [1.807, 2.05) is 0 Å². The van der Waals surface area contributed by atoms with E-state index in [-0.39, 0.29) is 33.7 Å². The lowest BCUT2D eigenvalue weighted by molar-refractivity contribution is 0.103. The fourth-order valence-electron chi connectivity index (χ4n) is 3.71. The van der Waals surface area contributed by atoms with Crippen molar-refractivity contribution in [3.63, 3.8) is 0 Å². The van der Waals surface area contributed by atoms with Crippen molar-refractivity contribution in [3.8, 4) is 11.1 Å².